The first kappa shape index (κ1) is 14.8. The van der Waals surface area contributed by atoms with Gasteiger partial charge in [-0.3, -0.25) is 9.36 Å². The summed E-state index contributed by atoms with van der Waals surface area (Å²) in [6.07, 6.45) is 0. The quantitative estimate of drug-likeness (QED) is 0.446. The summed E-state index contributed by atoms with van der Waals surface area (Å²) >= 11 is 14.4. The SMILES string of the molecule is O=c1c2ccccc2nc(CCl)n1-c1ccc(I)cc1Cl. The fourth-order valence-corrected chi connectivity index (χ4v) is 3.30. The molecule has 3 aromatic rings. The predicted octanol–water partition coefficient (Wildman–Crippen LogP) is 4.38. The van der Waals surface area contributed by atoms with Crippen molar-refractivity contribution in [3.63, 3.8) is 0 Å². The molecule has 0 aliphatic rings. The van der Waals surface area contributed by atoms with Crippen LogP contribution in [0.25, 0.3) is 16.6 Å². The van der Waals surface area contributed by atoms with Gasteiger partial charge in [-0.2, -0.15) is 0 Å². The maximum atomic E-state index is 12.7. The van der Waals surface area contributed by atoms with Gasteiger partial charge in [0.05, 0.1) is 27.5 Å². The third-order valence-corrected chi connectivity index (χ3v) is 4.33. The lowest BCUT2D eigenvalue weighted by atomic mass is 10.2. The number of aromatic nitrogens is 2. The molecule has 0 N–H and O–H groups in total. The predicted molar refractivity (Wildman–Crippen MR) is 94.6 cm³/mol. The molecule has 0 saturated heterocycles. The van der Waals surface area contributed by atoms with Crippen LogP contribution in [-0.4, -0.2) is 9.55 Å². The number of nitrogens with zero attached hydrogens (tertiary/aromatic N) is 2. The number of rotatable bonds is 2. The number of alkyl halides is 1. The van der Waals surface area contributed by atoms with E-state index in [1.165, 1.54) is 4.57 Å². The second-order valence-electron chi connectivity index (χ2n) is 4.42. The van der Waals surface area contributed by atoms with Crippen molar-refractivity contribution in [3.8, 4) is 5.69 Å². The Morgan fingerprint density at radius 1 is 1.19 bits per heavy atom. The highest BCUT2D eigenvalue weighted by Gasteiger charge is 2.14. The van der Waals surface area contributed by atoms with Crippen molar-refractivity contribution in [2.75, 3.05) is 0 Å². The van der Waals surface area contributed by atoms with E-state index in [4.69, 9.17) is 23.2 Å². The van der Waals surface area contributed by atoms with Gasteiger partial charge in [-0.15, -0.1) is 11.6 Å². The monoisotopic (exact) mass is 430 g/mol. The minimum atomic E-state index is -0.167. The van der Waals surface area contributed by atoms with E-state index in [0.29, 0.717) is 27.4 Å². The molecule has 1 aromatic heterocycles. The van der Waals surface area contributed by atoms with Gasteiger partial charge in [0.15, 0.2) is 0 Å². The zero-order valence-electron chi connectivity index (χ0n) is 10.7. The maximum Gasteiger partial charge on any atom is 0.266 e. The summed E-state index contributed by atoms with van der Waals surface area (Å²) < 4.78 is 2.48. The van der Waals surface area contributed by atoms with Crippen molar-refractivity contribution >= 4 is 56.7 Å². The fraction of sp³-hybridized carbons (Fsp3) is 0.0667. The van der Waals surface area contributed by atoms with E-state index in [2.05, 4.69) is 27.6 Å². The van der Waals surface area contributed by atoms with E-state index in [0.717, 1.165) is 3.57 Å². The third kappa shape index (κ3) is 2.67. The number of hydrogen-bond donors (Lipinski definition) is 0. The molecule has 0 unspecified atom stereocenters. The van der Waals surface area contributed by atoms with Crippen LogP contribution in [0, 0.1) is 3.57 Å². The van der Waals surface area contributed by atoms with E-state index in [1.54, 1.807) is 24.3 Å². The molecule has 6 heteroatoms. The van der Waals surface area contributed by atoms with Crippen LogP contribution in [0.4, 0.5) is 0 Å². The zero-order chi connectivity index (χ0) is 15.0. The Labute approximate surface area is 144 Å². The molecule has 0 spiro atoms. The lowest BCUT2D eigenvalue weighted by molar-refractivity contribution is 0.881. The van der Waals surface area contributed by atoms with E-state index in [-0.39, 0.29) is 11.4 Å². The molecule has 21 heavy (non-hydrogen) atoms. The van der Waals surface area contributed by atoms with E-state index < -0.39 is 0 Å². The maximum absolute atomic E-state index is 12.7. The summed E-state index contributed by atoms with van der Waals surface area (Å²) in [5.74, 6) is 0.603. The fourth-order valence-electron chi connectivity index (χ4n) is 2.18. The van der Waals surface area contributed by atoms with Crippen molar-refractivity contribution < 1.29 is 0 Å². The first-order valence-electron chi connectivity index (χ1n) is 6.14. The van der Waals surface area contributed by atoms with E-state index in [1.807, 2.05) is 18.2 Å². The molecule has 0 aliphatic heterocycles. The van der Waals surface area contributed by atoms with Crippen molar-refractivity contribution in [3.05, 3.63) is 67.2 Å². The van der Waals surface area contributed by atoms with Crippen LogP contribution >= 0.6 is 45.8 Å². The summed E-state index contributed by atoms with van der Waals surface area (Å²) in [5.41, 5.74) is 1.06. The molecule has 3 rings (SSSR count). The first-order valence-corrected chi connectivity index (χ1v) is 8.13. The summed E-state index contributed by atoms with van der Waals surface area (Å²) in [6.45, 7) is 0. The minimum absolute atomic E-state index is 0.127. The number of halogens is 3. The van der Waals surface area contributed by atoms with Crippen LogP contribution in [0.1, 0.15) is 5.82 Å². The molecule has 0 aliphatic carbocycles. The lowest BCUT2D eigenvalue weighted by Gasteiger charge is -2.13. The van der Waals surface area contributed by atoms with E-state index >= 15 is 0 Å². The second-order valence-corrected chi connectivity index (χ2v) is 6.34. The number of fused-ring (bicyclic) bond motifs is 1. The summed E-state index contributed by atoms with van der Waals surface area (Å²) in [5, 5.41) is 1.04. The molecule has 0 atom stereocenters. The van der Waals surface area contributed by atoms with Crippen molar-refractivity contribution in [1.29, 1.82) is 0 Å². The molecule has 0 bridgehead atoms. The van der Waals surface area contributed by atoms with Gasteiger partial charge in [0.1, 0.15) is 5.82 Å². The molecule has 2 aromatic carbocycles. The van der Waals surface area contributed by atoms with Gasteiger partial charge in [-0.05, 0) is 52.9 Å². The molecule has 0 saturated carbocycles. The Kier molecular flexibility index (Phi) is 4.19. The number of para-hydroxylation sites is 1. The largest absolute Gasteiger partial charge is 0.268 e. The Bertz CT molecular complexity index is 892. The number of hydrogen-bond acceptors (Lipinski definition) is 2. The molecule has 0 fully saturated rings. The highest BCUT2D eigenvalue weighted by molar-refractivity contribution is 14.1. The average molecular weight is 431 g/mol. The second kappa shape index (κ2) is 5.94. The highest BCUT2D eigenvalue weighted by Crippen LogP contribution is 2.24. The first-order chi connectivity index (χ1) is 10.1. The van der Waals surface area contributed by atoms with Crippen LogP contribution in [0.5, 0.6) is 0 Å². The Morgan fingerprint density at radius 2 is 1.95 bits per heavy atom. The highest BCUT2D eigenvalue weighted by atomic mass is 127. The normalized spacial score (nSPS) is 11.0. The lowest BCUT2D eigenvalue weighted by Crippen LogP contribution is -2.23. The summed E-state index contributed by atoms with van der Waals surface area (Å²) in [4.78, 5) is 17.2. The summed E-state index contributed by atoms with van der Waals surface area (Å²) in [6, 6.07) is 12.7. The van der Waals surface area contributed by atoms with Crippen molar-refractivity contribution in [1.82, 2.24) is 9.55 Å². The number of benzene rings is 2. The topological polar surface area (TPSA) is 34.9 Å². The van der Waals surface area contributed by atoms with Gasteiger partial charge in [0.25, 0.3) is 5.56 Å². The minimum Gasteiger partial charge on any atom is -0.268 e. The van der Waals surface area contributed by atoms with Gasteiger partial charge in [0.2, 0.25) is 0 Å². The molecule has 1 heterocycles. The van der Waals surface area contributed by atoms with Crippen LogP contribution < -0.4 is 5.56 Å². The molecule has 106 valence electrons. The van der Waals surface area contributed by atoms with Gasteiger partial charge in [0, 0.05) is 3.57 Å². The van der Waals surface area contributed by atoms with Crippen LogP contribution in [-0.2, 0) is 5.88 Å². The van der Waals surface area contributed by atoms with Gasteiger partial charge >= 0.3 is 0 Å². The van der Waals surface area contributed by atoms with Gasteiger partial charge in [-0.1, -0.05) is 23.7 Å². The Morgan fingerprint density at radius 3 is 2.67 bits per heavy atom. The molecule has 3 nitrogen and oxygen atoms in total. The molecule has 0 amide bonds. The molecular weight excluding hydrogens is 422 g/mol. The third-order valence-electron chi connectivity index (χ3n) is 3.12. The van der Waals surface area contributed by atoms with Crippen LogP contribution in [0.3, 0.4) is 0 Å². The molecule has 0 radical (unpaired) electrons. The summed E-state index contributed by atoms with van der Waals surface area (Å²) in [7, 11) is 0. The van der Waals surface area contributed by atoms with Crippen molar-refractivity contribution in [2.45, 2.75) is 5.88 Å². The Hall–Kier alpha value is -1.11. The standard InChI is InChI=1S/C15H9Cl2IN2O/c16-8-14-19-12-4-2-1-3-10(12)15(21)20(14)13-6-5-9(18)7-11(13)17/h1-7H,8H2. The van der Waals surface area contributed by atoms with E-state index in [9.17, 15) is 4.79 Å². The van der Waals surface area contributed by atoms with Crippen LogP contribution in [0.2, 0.25) is 5.02 Å². The van der Waals surface area contributed by atoms with Crippen molar-refractivity contribution in [2.24, 2.45) is 0 Å². The smallest absolute Gasteiger partial charge is 0.266 e. The van der Waals surface area contributed by atoms with Gasteiger partial charge in [-0.25, -0.2) is 4.98 Å². The zero-order valence-corrected chi connectivity index (χ0v) is 14.4. The molecular formula is C15H9Cl2IN2O. The Balaban J connectivity index is 2.41. The van der Waals surface area contributed by atoms with Crippen LogP contribution in [0.15, 0.2) is 47.3 Å². The van der Waals surface area contributed by atoms with Gasteiger partial charge < -0.3 is 0 Å². The average Bonchev–Trinajstić information content (AvgIpc) is 2.48.